The molecular weight excluding hydrogens is 320 g/mol. The monoisotopic (exact) mass is 342 g/mol. The van der Waals surface area contributed by atoms with E-state index in [1.54, 1.807) is 0 Å². The van der Waals surface area contributed by atoms with E-state index in [4.69, 9.17) is 4.52 Å². The number of benzene rings is 1. The van der Waals surface area contributed by atoms with Crippen LogP contribution in [0.1, 0.15) is 37.1 Å². The summed E-state index contributed by atoms with van der Waals surface area (Å²) in [5, 5.41) is 9.54. The van der Waals surface area contributed by atoms with Crippen molar-refractivity contribution in [2.75, 3.05) is 6.54 Å². The summed E-state index contributed by atoms with van der Waals surface area (Å²) in [5.74, 6) is 0.636. The van der Waals surface area contributed by atoms with Crippen LogP contribution >= 0.6 is 0 Å². The van der Waals surface area contributed by atoms with E-state index in [0.717, 1.165) is 24.0 Å². The molecule has 1 atom stereocenters. The van der Waals surface area contributed by atoms with E-state index in [-0.39, 0.29) is 18.2 Å². The summed E-state index contributed by atoms with van der Waals surface area (Å²) in [7, 11) is 0. The number of amides is 2. The van der Waals surface area contributed by atoms with E-state index < -0.39 is 6.04 Å². The van der Waals surface area contributed by atoms with Gasteiger partial charge in [0.1, 0.15) is 6.04 Å². The van der Waals surface area contributed by atoms with E-state index >= 15 is 0 Å². The molecule has 2 aromatic rings. The van der Waals surface area contributed by atoms with E-state index in [0.29, 0.717) is 31.1 Å². The van der Waals surface area contributed by atoms with Gasteiger partial charge in [0.2, 0.25) is 23.5 Å². The molecule has 1 aliphatic rings. The minimum Gasteiger partial charge on any atom is -0.354 e. The quantitative estimate of drug-likeness (QED) is 0.863. The number of nitrogens with zero attached hydrogens (tertiary/aromatic N) is 2. The standard InChI is InChI=1S/C18H22N4O3/c1-12-5-7-13(8-6-12)17-21-16(25-22-17)10-9-15(23)20-14-4-2-3-11-19-18(14)24/h5-8,14H,2-4,9-11H2,1H3,(H,19,24)(H,20,23)/t14-/m1/s1. The molecule has 0 saturated carbocycles. The third-order valence-electron chi connectivity index (χ3n) is 4.21. The lowest BCUT2D eigenvalue weighted by Gasteiger charge is -2.14. The van der Waals surface area contributed by atoms with Crippen molar-refractivity contribution < 1.29 is 14.1 Å². The van der Waals surface area contributed by atoms with Crippen LogP contribution in [0.3, 0.4) is 0 Å². The minimum atomic E-state index is -0.444. The molecule has 2 amide bonds. The zero-order valence-electron chi connectivity index (χ0n) is 14.2. The number of aryl methyl sites for hydroxylation is 2. The SMILES string of the molecule is Cc1ccc(-c2noc(CCC(=O)N[C@@H]3CCCCNC3=O)n2)cc1. The number of hydrogen-bond donors (Lipinski definition) is 2. The van der Waals surface area contributed by atoms with Crippen molar-refractivity contribution in [2.24, 2.45) is 0 Å². The first kappa shape index (κ1) is 17.1. The van der Waals surface area contributed by atoms with Gasteiger partial charge in [-0.05, 0) is 26.2 Å². The van der Waals surface area contributed by atoms with Crippen LogP contribution in [0, 0.1) is 6.92 Å². The highest BCUT2D eigenvalue weighted by Crippen LogP contribution is 2.16. The summed E-state index contributed by atoms with van der Waals surface area (Å²) in [6.45, 7) is 2.69. The first-order valence-corrected chi connectivity index (χ1v) is 8.58. The average Bonchev–Trinajstić information content (AvgIpc) is 2.99. The molecule has 7 heteroatoms. The molecule has 1 fully saturated rings. The number of carbonyl (C=O) groups excluding carboxylic acids is 2. The summed E-state index contributed by atoms with van der Waals surface area (Å²) in [5.41, 5.74) is 2.03. The van der Waals surface area contributed by atoms with Gasteiger partial charge >= 0.3 is 0 Å². The van der Waals surface area contributed by atoms with Crippen LogP contribution in [-0.2, 0) is 16.0 Å². The second-order valence-electron chi connectivity index (χ2n) is 6.28. The Morgan fingerprint density at radius 2 is 2.12 bits per heavy atom. The van der Waals surface area contributed by atoms with Crippen LogP contribution in [0.25, 0.3) is 11.4 Å². The van der Waals surface area contributed by atoms with Gasteiger partial charge in [-0.3, -0.25) is 9.59 Å². The fourth-order valence-electron chi connectivity index (χ4n) is 2.74. The molecule has 132 valence electrons. The van der Waals surface area contributed by atoms with Gasteiger partial charge in [0.05, 0.1) is 0 Å². The summed E-state index contributed by atoms with van der Waals surface area (Å²) in [6, 6.07) is 7.39. The van der Waals surface area contributed by atoms with Gasteiger partial charge in [-0.15, -0.1) is 0 Å². The van der Waals surface area contributed by atoms with Crippen molar-refractivity contribution in [3.63, 3.8) is 0 Å². The first-order chi connectivity index (χ1) is 12.1. The van der Waals surface area contributed by atoms with Crippen LogP contribution in [0.4, 0.5) is 0 Å². The molecule has 0 radical (unpaired) electrons. The molecular formula is C18H22N4O3. The zero-order valence-corrected chi connectivity index (χ0v) is 14.2. The first-order valence-electron chi connectivity index (χ1n) is 8.58. The maximum atomic E-state index is 12.1. The Labute approximate surface area is 146 Å². The molecule has 0 bridgehead atoms. The van der Waals surface area contributed by atoms with Gasteiger partial charge < -0.3 is 15.2 Å². The molecule has 25 heavy (non-hydrogen) atoms. The van der Waals surface area contributed by atoms with Crippen LogP contribution in [-0.4, -0.2) is 34.5 Å². The summed E-state index contributed by atoms with van der Waals surface area (Å²) in [4.78, 5) is 28.2. The van der Waals surface area contributed by atoms with Crippen molar-refractivity contribution in [2.45, 2.75) is 45.1 Å². The lowest BCUT2D eigenvalue weighted by molar-refractivity contribution is -0.128. The Bertz CT molecular complexity index is 739. The Morgan fingerprint density at radius 3 is 2.92 bits per heavy atom. The Morgan fingerprint density at radius 1 is 1.32 bits per heavy atom. The third kappa shape index (κ3) is 4.65. The van der Waals surface area contributed by atoms with Gasteiger partial charge in [-0.25, -0.2) is 0 Å². The Hall–Kier alpha value is -2.70. The van der Waals surface area contributed by atoms with Crippen molar-refractivity contribution >= 4 is 11.8 Å². The molecule has 0 spiro atoms. The topological polar surface area (TPSA) is 97.1 Å². The number of hydrogen-bond acceptors (Lipinski definition) is 5. The van der Waals surface area contributed by atoms with Crippen LogP contribution < -0.4 is 10.6 Å². The Balaban J connectivity index is 1.52. The molecule has 1 saturated heterocycles. The number of carbonyl (C=O) groups is 2. The maximum Gasteiger partial charge on any atom is 0.242 e. The lowest BCUT2D eigenvalue weighted by atomic mass is 10.1. The van der Waals surface area contributed by atoms with Gasteiger partial charge in [-0.1, -0.05) is 35.0 Å². The number of rotatable bonds is 5. The highest BCUT2D eigenvalue weighted by molar-refractivity contribution is 5.87. The molecule has 0 aliphatic carbocycles. The molecule has 0 unspecified atom stereocenters. The van der Waals surface area contributed by atoms with Crippen molar-refractivity contribution in [3.8, 4) is 11.4 Å². The molecule has 1 aromatic heterocycles. The van der Waals surface area contributed by atoms with Crippen LogP contribution in [0.5, 0.6) is 0 Å². The fourth-order valence-corrected chi connectivity index (χ4v) is 2.74. The molecule has 2 heterocycles. The van der Waals surface area contributed by atoms with Gasteiger partial charge in [0, 0.05) is 24.9 Å². The normalized spacial score (nSPS) is 17.6. The van der Waals surface area contributed by atoms with Crippen molar-refractivity contribution in [3.05, 3.63) is 35.7 Å². The summed E-state index contributed by atoms with van der Waals surface area (Å²) in [6.07, 6.45) is 3.10. The molecule has 3 rings (SSSR count). The molecule has 2 N–H and O–H groups in total. The van der Waals surface area contributed by atoms with E-state index in [2.05, 4.69) is 20.8 Å². The molecule has 1 aliphatic heterocycles. The lowest BCUT2D eigenvalue weighted by Crippen LogP contribution is -2.45. The van der Waals surface area contributed by atoms with Crippen molar-refractivity contribution in [1.82, 2.24) is 20.8 Å². The highest BCUT2D eigenvalue weighted by atomic mass is 16.5. The average molecular weight is 342 g/mol. The van der Waals surface area contributed by atoms with E-state index in [1.165, 1.54) is 0 Å². The predicted octanol–water partition coefficient (Wildman–Crippen LogP) is 1.76. The highest BCUT2D eigenvalue weighted by Gasteiger charge is 2.22. The second-order valence-corrected chi connectivity index (χ2v) is 6.28. The summed E-state index contributed by atoms with van der Waals surface area (Å²) < 4.78 is 5.21. The fraction of sp³-hybridized carbons (Fsp3) is 0.444. The Kier molecular flexibility index (Phi) is 5.42. The second kappa shape index (κ2) is 7.92. The molecule has 7 nitrogen and oxygen atoms in total. The predicted molar refractivity (Wildman–Crippen MR) is 91.6 cm³/mol. The maximum absolute atomic E-state index is 12.1. The number of aromatic nitrogens is 2. The largest absolute Gasteiger partial charge is 0.354 e. The van der Waals surface area contributed by atoms with Crippen LogP contribution in [0.15, 0.2) is 28.8 Å². The van der Waals surface area contributed by atoms with Crippen LogP contribution in [0.2, 0.25) is 0 Å². The molecule has 1 aromatic carbocycles. The van der Waals surface area contributed by atoms with Gasteiger partial charge in [0.25, 0.3) is 0 Å². The van der Waals surface area contributed by atoms with Gasteiger partial charge in [0.15, 0.2) is 0 Å². The zero-order chi connectivity index (χ0) is 17.6. The van der Waals surface area contributed by atoms with E-state index in [9.17, 15) is 9.59 Å². The van der Waals surface area contributed by atoms with Gasteiger partial charge in [-0.2, -0.15) is 4.98 Å². The van der Waals surface area contributed by atoms with Crippen molar-refractivity contribution in [1.29, 1.82) is 0 Å². The summed E-state index contributed by atoms with van der Waals surface area (Å²) >= 11 is 0. The minimum absolute atomic E-state index is 0.106. The smallest absolute Gasteiger partial charge is 0.242 e. The number of nitrogens with one attached hydrogen (secondary N) is 2. The van der Waals surface area contributed by atoms with E-state index in [1.807, 2.05) is 31.2 Å². The third-order valence-corrected chi connectivity index (χ3v) is 4.21.